The molecule has 0 unspecified atom stereocenters. The van der Waals surface area contributed by atoms with Crippen molar-refractivity contribution in [2.45, 2.75) is 38.8 Å². The molecular weight excluding hydrogens is 272 g/mol. The van der Waals surface area contributed by atoms with Gasteiger partial charge in [-0.3, -0.25) is 4.79 Å². The lowest BCUT2D eigenvalue weighted by molar-refractivity contribution is -0.406. The van der Waals surface area contributed by atoms with E-state index in [1.807, 2.05) is 13.8 Å². The van der Waals surface area contributed by atoms with E-state index >= 15 is 0 Å². The standard InChI is InChI=1S/C15H22N2O4/c1-9(2)7-12(16)14(19)17-13(15(20)21)8-10-3-5-11(18)6-4-10/h3-6,9,12-13,18H,7-8,16H2,1-2H3,(H,17,19)(H,20,21)/t12-,13-/m1/s1. The minimum atomic E-state index is -1.34. The maximum atomic E-state index is 11.9. The van der Waals surface area contributed by atoms with Gasteiger partial charge < -0.3 is 26.1 Å². The number of phenols is 1. The first kappa shape index (κ1) is 17.0. The smallest absolute Gasteiger partial charge is 0.278 e. The van der Waals surface area contributed by atoms with E-state index in [4.69, 9.17) is 0 Å². The van der Waals surface area contributed by atoms with Crippen LogP contribution < -0.4 is 16.2 Å². The molecule has 2 atom stereocenters. The largest absolute Gasteiger partial charge is 0.548 e. The normalized spacial score (nSPS) is 13.7. The number of hydrogen-bond donors (Lipinski definition) is 3. The van der Waals surface area contributed by atoms with Gasteiger partial charge in [-0.25, -0.2) is 0 Å². The fourth-order valence-electron chi connectivity index (χ4n) is 2.03. The van der Waals surface area contributed by atoms with Crippen molar-refractivity contribution in [3.05, 3.63) is 29.8 Å². The quantitative estimate of drug-likeness (QED) is 0.587. The van der Waals surface area contributed by atoms with Crippen LogP contribution in [-0.2, 0) is 16.0 Å². The Morgan fingerprint density at radius 3 is 2.33 bits per heavy atom. The zero-order valence-corrected chi connectivity index (χ0v) is 12.3. The van der Waals surface area contributed by atoms with Crippen molar-refractivity contribution < 1.29 is 25.5 Å². The van der Waals surface area contributed by atoms with Crippen LogP contribution in [0.2, 0.25) is 0 Å². The summed E-state index contributed by atoms with van der Waals surface area (Å²) in [6.45, 7) is 3.94. The first-order chi connectivity index (χ1) is 9.79. The van der Waals surface area contributed by atoms with Gasteiger partial charge >= 0.3 is 0 Å². The number of amides is 1. The maximum Gasteiger partial charge on any atom is 0.278 e. The lowest BCUT2D eigenvalue weighted by atomic mass is 10.0. The topological polar surface area (TPSA) is 117 Å². The molecule has 0 aliphatic carbocycles. The summed E-state index contributed by atoms with van der Waals surface area (Å²) in [6, 6.07) is 4.53. The average molecular weight is 294 g/mol. The Bertz CT molecular complexity index is 485. The van der Waals surface area contributed by atoms with E-state index < -0.39 is 24.0 Å². The minimum absolute atomic E-state index is 0.0996. The summed E-state index contributed by atoms with van der Waals surface area (Å²) in [5.41, 5.74) is 4.44. The van der Waals surface area contributed by atoms with Gasteiger partial charge in [0.1, 0.15) is 5.75 Å². The second-order valence-electron chi connectivity index (χ2n) is 5.58. The Morgan fingerprint density at radius 1 is 1.29 bits per heavy atom. The minimum Gasteiger partial charge on any atom is -0.548 e. The van der Waals surface area contributed by atoms with Crippen molar-refractivity contribution >= 4 is 11.9 Å². The predicted octanol–water partition coefficient (Wildman–Crippen LogP) is -1.17. The maximum absolute atomic E-state index is 11.9. The van der Waals surface area contributed by atoms with E-state index in [2.05, 4.69) is 11.1 Å². The Hall–Kier alpha value is -2.08. The number of carboxylic acids is 1. The van der Waals surface area contributed by atoms with Crippen LogP contribution in [-0.4, -0.2) is 29.1 Å². The molecule has 0 aliphatic heterocycles. The third kappa shape index (κ3) is 5.83. The van der Waals surface area contributed by atoms with Crippen LogP contribution in [0.4, 0.5) is 0 Å². The molecule has 0 fully saturated rings. The number of aliphatic carboxylic acids is 1. The molecule has 0 bridgehead atoms. The molecule has 6 nitrogen and oxygen atoms in total. The van der Waals surface area contributed by atoms with Crippen LogP contribution in [0, 0.1) is 5.92 Å². The first-order valence-electron chi connectivity index (χ1n) is 6.91. The third-order valence-electron chi connectivity index (χ3n) is 3.10. The lowest BCUT2D eigenvalue weighted by Crippen LogP contribution is -2.69. The van der Waals surface area contributed by atoms with Crippen molar-refractivity contribution in [2.24, 2.45) is 5.92 Å². The van der Waals surface area contributed by atoms with Crippen LogP contribution in [0.25, 0.3) is 0 Å². The van der Waals surface area contributed by atoms with Gasteiger partial charge in [0, 0.05) is 6.42 Å². The fraction of sp³-hybridized carbons (Fsp3) is 0.467. The van der Waals surface area contributed by atoms with E-state index in [9.17, 15) is 19.8 Å². The first-order valence-corrected chi connectivity index (χ1v) is 6.91. The number of carboxylic acid groups (broad SMARTS) is 1. The van der Waals surface area contributed by atoms with E-state index in [-0.39, 0.29) is 12.2 Å². The summed E-state index contributed by atoms with van der Waals surface area (Å²) in [5.74, 6) is -1.33. The van der Waals surface area contributed by atoms with Gasteiger partial charge in [0.2, 0.25) is 0 Å². The molecule has 0 saturated carbocycles. The highest BCUT2D eigenvalue weighted by molar-refractivity contribution is 5.85. The molecule has 21 heavy (non-hydrogen) atoms. The van der Waals surface area contributed by atoms with Gasteiger partial charge in [0.25, 0.3) is 5.91 Å². The monoisotopic (exact) mass is 294 g/mol. The zero-order valence-electron chi connectivity index (χ0n) is 12.3. The molecule has 0 heterocycles. The summed E-state index contributed by atoms with van der Waals surface area (Å²) in [6.07, 6.45) is 0.688. The van der Waals surface area contributed by atoms with Crippen molar-refractivity contribution in [2.75, 3.05) is 0 Å². The molecule has 6 heteroatoms. The zero-order chi connectivity index (χ0) is 16.0. The summed E-state index contributed by atoms with van der Waals surface area (Å²) in [4.78, 5) is 23.1. The van der Waals surface area contributed by atoms with Gasteiger partial charge in [0.15, 0.2) is 6.04 Å². The second-order valence-corrected chi connectivity index (χ2v) is 5.58. The molecule has 1 rings (SSSR count). The third-order valence-corrected chi connectivity index (χ3v) is 3.10. The number of phenolic OH excluding ortho intramolecular Hbond substituents is 1. The van der Waals surface area contributed by atoms with Crippen molar-refractivity contribution in [1.82, 2.24) is 5.32 Å². The molecule has 0 spiro atoms. The van der Waals surface area contributed by atoms with Crippen LogP contribution in [0.5, 0.6) is 5.75 Å². The van der Waals surface area contributed by atoms with Crippen molar-refractivity contribution in [3.63, 3.8) is 0 Å². The summed E-state index contributed by atoms with van der Waals surface area (Å²) >= 11 is 0. The van der Waals surface area contributed by atoms with E-state index in [1.165, 1.54) is 12.1 Å². The number of aromatic hydroxyl groups is 1. The van der Waals surface area contributed by atoms with Gasteiger partial charge in [0.05, 0.1) is 12.0 Å². The van der Waals surface area contributed by atoms with Gasteiger partial charge in [-0.1, -0.05) is 26.0 Å². The van der Waals surface area contributed by atoms with Crippen molar-refractivity contribution in [3.8, 4) is 5.75 Å². The average Bonchev–Trinajstić information content (AvgIpc) is 2.39. The van der Waals surface area contributed by atoms with E-state index in [1.54, 1.807) is 12.1 Å². The number of nitrogens with one attached hydrogen (secondary N) is 1. The Balaban J connectivity index is 2.67. The molecule has 1 aromatic rings. The molecule has 0 aromatic heterocycles. The van der Waals surface area contributed by atoms with E-state index in [0.717, 1.165) is 0 Å². The van der Waals surface area contributed by atoms with E-state index in [0.29, 0.717) is 17.9 Å². The Kier molecular flexibility index (Phi) is 6.17. The van der Waals surface area contributed by atoms with Crippen LogP contribution in [0.15, 0.2) is 24.3 Å². The molecule has 0 radical (unpaired) electrons. The predicted molar refractivity (Wildman–Crippen MR) is 74.9 cm³/mol. The molecule has 5 N–H and O–H groups in total. The molecule has 1 aromatic carbocycles. The second kappa shape index (κ2) is 7.64. The lowest BCUT2D eigenvalue weighted by Gasteiger charge is -2.21. The van der Waals surface area contributed by atoms with Crippen LogP contribution >= 0.6 is 0 Å². The van der Waals surface area contributed by atoms with Crippen LogP contribution in [0.1, 0.15) is 25.8 Å². The van der Waals surface area contributed by atoms with Crippen LogP contribution in [0.3, 0.4) is 0 Å². The summed E-state index contributed by atoms with van der Waals surface area (Å²) in [7, 11) is 0. The van der Waals surface area contributed by atoms with Crippen molar-refractivity contribution in [1.29, 1.82) is 0 Å². The highest BCUT2D eigenvalue weighted by atomic mass is 16.4. The fourth-order valence-corrected chi connectivity index (χ4v) is 2.03. The van der Waals surface area contributed by atoms with Gasteiger partial charge in [-0.05, 0) is 30.0 Å². The number of quaternary nitrogens is 1. The SMILES string of the molecule is CC(C)C[C@@H]([NH3+])C(=O)N[C@H](Cc1ccc(O)cc1)C(=O)[O-]. The molecule has 1 amide bonds. The highest BCUT2D eigenvalue weighted by Gasteiger charge is 2.22. The molecule has 116 valence electrons. The number of rotatable bonds is 7. The molecule has 0 saturated heterocycles. The molecule has 0 aliphatic rings. The number of carbonyl (C=O) groups is 2. The summed E-state index contributed by atoms with van der Waals surface area (Å²) in [5, 5.41) is 22.8. The number of benzene rings is 1. The number of hydrogen-bond acceptors (Lipinski definition) is 4. The Morgan fingerprint density at radius 2 is 1.86 bits per heavy atom. The molecular formula is C15H22N2O4. The Labute approximate surface area is 124 Å². The van der Waals surface area contributed by atoms with Gasteiger partial charge in [-0.2, -0.15) is 0 Å². The van der Waals surface area contributed by atoms with Gasteiger partial charge in [-0.15, -0.1) is 0 Å². The summed E-state index contributed by atoms with van der Waals surface area (Å²) < 4.78 is 0. The number of carbonyl (C=O) groups excluding carboxylic acids is 2. The highest BCUT2D eigenvalue weighted by Crippen LogP contribution is 2.11.